The molecule has 5 nitrogen and oxygen atoms in total. The van der Waals surface area contributed by atoms with Gasteiger partial charge in [0, 0.05) is 6.54 Å². The molecule has 0 aliphatic rings. The number of carboxylic acids is 1. The molecule has 2 rings (SSSR count). The van der Waals surface area contributed by atoms with Gasteiger partial charge in [0.15, 0.2) is 0 Å². The van der Waals surface area contributed by atoms with E-state index in [0.29, 0.717) is 0 Å². The van der Waals surface area contributed by atoms with E-state index in [1.165, 1.54) is 0 Å². The van der Waals surface area contributed by atoms with Gasteiger partial charge in [0.1, 0.15) is 5.82 Å². The smallest absolute Gasteiger partial charge is 0.335 e. The molecule has 21 heavy (non-hydrogen) atoms. The number of carbonyl (C=O) groups excluding carboxylic acids is 1. The lowest BCUT2D eigenvalue weighted by molar-refractivity contribution is 0.0697. The number of anilines is 1. The van der Waals surface area contributed by atoms with Crippen LogP contribution in [-0.2, 0) is 6.54 Å². The summed E-state index contributed by atoms with van der Waals surface area (Å²) in [7, 11) is 0. The first-order valence-electron chi connectivity index (χ1n) is 6.18. The standard InChI is InChI=1S/C15H13FN2O3/c16-12-7-6-11(14(19)20)8-13(12)18-15(21)17-9-10-4-2-1-3-5-10/h1-8H,9H2,(H,19,20)(H2,17,18,21). The van der Waals surface area contributed by atoms with Gasteiger partial charge in [0.25, 0.3) is 0 Å². The molecule has 0 saturated carbocycles. The van der Waals surface area contributed by atoms with Crippen molar-refractivity contribution in [2.24, 2.45) is 0 Å². The van der Waals surface area contributed by atoms with Gasteiger partial charge in [0.2, 0.25) is 0 Å². The van der Waals surface area contributed by atoms with Gasteiger partial charge in [-0.2, -0.15) is 0 Å². The molecule has 0 unspecified atom stereocenters. The SMILES string of the molecule is O=C(NCc1ccccc1)Nc1cc(C(=O)O)ccc1F. The molecule has 0 bridgehead atoms. The summed E-state index contributed by atoms with van der Waals surface area (Å²) >= 11 is 0. The molecule has 0 aromatic heterocycles. The molecule has 2 aromatic carbocycles. The normalized spacial score (nSPS) is 9.95. The maximum absolute atomic E-state index is 13.5. The average Bonchev–Trinajstić information content (AvgIpc) is 2.48. The van der Waals surface area contributed by atoms with Gasteiger partial charge in [-0.1, -0.05) is 30.3 Å². The van der Waals surface area contributed by atoms with Crippen LogP contribution in [0.4, 0.5) is 14.9 Å². The lowest BCUT2D eigenvalue weighted by Crippen LogP contribution is -2.28. The topological polar surface area (TPSA) is 78.4 Å². The van der Waals surface area contributed by atoms with Gasteiger partial charge in [-0.3, -0.25) is 0 Å². The van der Waals surface area contributed by atoms with E-state index in [4.69, 9.17) is 5.11 Å². The Morgan fingerprint density at radius 2 is 1.81 bits per heavy atom. The van der Waals surface area contributed by atoms with Gasteiger partial charge in [-0.05, 0) is 23.8 Å². The minimum absolute atomic E-state index is 0.102. The van der Waals surface area contributed by atoms with E-state index >= 15 is 0 Å². The summed E-state index contributed by atoms with van der Waals surface area (Å²) in [4.78, 5) is 22.5. The number of hydrogen-bond donors (Lipinski definition) is 3. The molecular formula is C15H13FN2O3. The zero-order valence-electron chi connectivity index (χ0n) is 11.0. The third-order valence-corrected chi connectivity index (χ3v) is 2.76. The van der Waals surface area contributed by atoms with Crippen LogP contribution in [-0.4, -0.2) is 17.1 Å². The predicted octanol–water partition coefficient (Wildman–Crippen LogP) is 2.85. The first-order chi connectivity index (χ1) is 10.1. The van der Waals surface area contributed by atoms with Crippen molar-refractivity contribution in [3.63, 3.8) is 0 Å². The second-order valence-electron chi connectivity index (χ2n) is 4.29. The van der Waals surface area contributed by atoms with Crippen molar-refractivity contribution in [2.45, 2.75) is 6.54 Å². The van der Waals surface area contributed by atoms with Crippen LogP contribution in [0.5, 0.6) is 0 Å². The second-order valence-corrected chi connectivity index (χ2v) is 4.29. The zero-order valence-corrected chi connectivity index (χ0v) is 11.0. The van der Waals surface area contributed by atoms with Crippen molar-refractivity contribution in [2.75, 3.05) is 5.32 Å². The molecule has 0 atom stereocenters. The summed E-state index contributed by atoms with van der Waals surface area (Å²) in [5.74, 6) is -1.89. The molecule has 2 aromatic rings. The molecule has 3 N–H and O–H groups in total. The van der Waals surface area contributed by atoms with E-state index in [0.717, 1.165) is 23.8 Å². The number of benzene rings is 2. The quantitative estimate of drug-likeness (QED) is 0.809. The van der Waals surface area contributed by atoms with Crippen LogP contribution in [0.3, 0.4) is 0 Å². The fourth-order valence-electron chi connectivity index (χ4n) is 1.70. The molecule has 0 spiro atoms. The second kappa shape index (κ2) is 6.51. The number of rotatable bonds is 4. The van der Waals surface area contributed by atoms with Crippen LogP contribution in [0, 0.1) is 5.82 Å². The number of amides is 2. The number of carbonyl (C=O) groups is 2. The highest BCUT2D eigenvalue weighted by Gasteiger charge is 2.10. The fraction of sp³-hybridized carbons (Fsp3) is 0.0667. The summed E-state index contributed by atoms with van der Waals surface area (Å²) in [6, 6.07) is 11.8. The van der Waals surface area contributed by atoms with Crippen molar-refractivity contribution in [3.8, 4) is 0 Å². The van der Waals surface area contributed by atoms with E-state index < -0.39 is 17.8 Å². The highest BCUT2D eigenvalue weighted by Crippen LogP contribution is 2.16. The van der Waals surface area contributed by atoms with Crippen LogP contribution in [0.25, 0.3) is 0 Å². The Labute approximate surface area is 120 Å². The van der Waals surface area contributed by atoms with Crippen LogP contribution in [0.15, 0.2) is 48.5 Å². The average molecular weight is 288 g/mol. The number of halogens is 1. The first kappa shape index (κ1) is 14.5. The zero-order chi connectivity index (χ0) is 15.2. The summed E-state index contributed by atoms with van der Waals surface area (Å²) < 4.78 is 13.5. The molecule has 0 saturated heterocycles. The van der Waals surface area contributed by atoms with E-state index in [2.05, 4.69) is 10.6 Å². The van der Waals surface area contributed by atoms with Crippen molar-refractivity contribution in [3.05, 3.63) is 65.5 Å². The highest BCUT2D eigenvalue weighted by atomic mass is 19.1. The number of carboxylic acid groups (broad SMARTS) is 1. The van der Waals surface area contributed by atoms with Crippen LogP contribution < -0.4 is 10.6 Å². The Morgan fingerprint density at radius 3 is 2.48 bits per heavy atom. The van der Waals surface area contributed by atoms with Gasteiger partial charge >= 0.3 is 12.0 Å². The Balaban J connectivity index is 1.99. The predicted molar refractivity (Wildman–Crippen MR) is 75.7 cm³/mol. The van der Waals surface area contributed by atoms with Gasteiger partial charge in [-0.25, -0.2) is 14.0 Å². The molecule has 0 heterocycles. The molecule has 108 valence electrons. The van der Waals surface area contributed by atoms with Crippen molar-refractivity contribution >= 4 is 17.7 Å². The van der Waals surface area contributed by atoms with Crippen molar-refractivity contribution in [1.29, 1.82) is 0 Å². The molecule has 0 aliphatic heterocycles. The van der Waals surface area contributed by atoms with E-state index in [9.17, 15) is 14.0 Å². The molecule has 6 heteroatoms. The van der Waals surface area contributed by atoms with Crippen LogP contribution in [0.2, 0.25) is 0 Å². The first-order valence-corrected chi connectivity index (χ1v) is 6.18. The van der Waals surface area contributed by atoms with Gasteiger partial charge in [0.05, 0.1) is 11.3 Å². The van der Waals surface area contributed by atoms with Crippen LogP contribution in [0.1, 0.15) is 15.9 Å². The van der Waals surface area contributed by atoms with Gasteiger partial charge in [-0.15, -0.1) is 0 Å². The highest BCUT2D eigenvalue weighted by molar-refractivity contribution is 5.93. The lowest BCUT2D eigenvalue weighted by atomic mass is 10.2. The largest absolute Gasteiger partial charge is 0.478 e. The molecular weight excluding hydrogens is 275 g/mol. The van der Waals surface area contributed by atoms with Crippen LogP contribution >= 0.6 is 0 Å². The summed E-state index contributed by atoms with van der Waals surface area (Å²) in [5, 5.41) is 13.7. The Morgan fingerprint density at radius 1 is 1.10 bits per heavy atom. The summed E-state index contributed by atoms with van der Waals surface area (Å²) in [5.41, 5.74) is 0.614. The molecule has 0 radical (unpaired) electrons. The van der Waals surface area contributed by atoms with E-state index in [-0.39, 0.29) is 17.8 Å². The molecule has 0 fully saturated rings. The Bertz CT molecular complexity index is 659. The number of nitrogens with one attached hydrogen (secondary N) is 2. The maximum Gasteiger partial charge on any atom is 0.335 e. The Kier molecular flexibility index (Phi) is 4.50. The van der Waals surface area contributed by atoms with E-state index in [1.54, 1.807) is 0 Å². The third kappa shape index (κ3) is 4.04. The monoisotopic (exact) mass is 288 g/mol. The maximum atomic E-state index is 13.5. The lowest BCUT2D eigenvalue weighted by Gasteiger charge is -2.09. The minimum Gasteiger partial charge on any atom is -0.478 e. The molecule has 2 amide bonds. The third-order valence-electron chi connectivity index (χ3n) is 2.76. The fourth-order valence-corrected chi connectivity index (χ4v) is 1.70. The number of hydrogen-bond acceptors (Lipinski definition) is 2. The van der Waals surface area contributed by atoms with Crippen molar-refractivity contribution < 1.29 is 19.1 Å². The van der Waals surface area contributed by atoms with E-state index in [1.807, 2.05) is 30.3 Å². The summed E-state index contributed by atoms with van der Waals surface area (Å²) in [6.45, 7) is 0.285. The Hall–Kier alpha value is -2.89. The minimum atomic E-state index is -1.19. The van der Waals surface area contributed by atoms with Gasteiger partial charge < -0.3 is 15.7 Å². The summed E-state index contributed by atoms with van der Waals surface area (Å²) in [6.07, 6.45) is 0. The van der Waals surface area contributed by atoms with Crippen molar-refractivity contribution in [1.82, 2.24) is 5.32 Å². The number of aromatic carboxylic acids is 1. The molecule has 0 aliphatic carbocycles. The number of urea groups is 1.